The van der Waals surface area contributed by atoms with Crippen molar-refractivity contribution < 1.29 is 9.32 Å². The Morgan fingerprint density at radius 1 is 1.00 bits per heavy atom. The van der Waals surface area contributed by atoms with E-state index in [0.717, 1.165) is 21.9 Å². The lowest BCUT2D eigenvalue weighted by molar-refractivity contribution is 0.0951. The van der Waals surface area contributed by atoms with Crippen LogP contribution in [0.3, 0.4) is 0 Å². The Balaban J connectivity index is 1.49. The van der Waals surface area contributed by atoms with E-state index in [-0.39, 0.29) is 12.5 Å². The Hall–Kier alpha value is -3.47. The first-order valence-electron chi connectivity index (χ1n) is 8.36. The molecule has 4 aromatic rings. The number of nitrogens with one attached hydrogen (secondary N) is 1. The molecule has 0 atom stereocenters. The van der Waals surface area contributed by atoms with Crippen LogP contribution in [-0.4, -0.2) is 16.0 Å². The fraction of sp³-hybridized carbons (Fsp3) is 0.0952. The van der Waals surface area contributed by atoms with E-state index in [0.29, 0.717) is 17.3 Å². The van der Waals surface area contributed by atoms with Crippen LogP contribution in [0.5, 0.6) is 0 Å². The molecule has 0 saturated heterocycles. The van der Waals surface area contributed by atoms with E-state index < -0.39 is 0 Å². The van der Waals surface area contributed by atoms with Gasteiger partial charge in [0.05, 0.1) is 6.54 Å². The molecule has 4 rings (SSSR count). The molecule has 1 aromatic heterocycles. The predicted molar refractivity (Wildman–Crippen MR) is 99.6 cm³/mol. The summed E-state index contributed by atoms with van der Waals surface area (Å²) in [5, 5.41) is 8.75. The summed E-state index contributed by atoms with van der Waals surface area (Å²) in [6.07, 6.45) is 0. The number of hydrogen-bond donors (Lipinski definition) is 1. The minimum absolute atomic E-state index is 0.163. The molecule has 128 valence electrons. The molecule has 1 N–H and O–H groups in total. The Kier molecular flexibility index (Phi) is 4.19. The average Bonchev–Trinajstić information content (AvgIpc) is 3.15. The number of aryl methyl sites for hydroxylation is 1. The van der Waals surface area contributed by atoms with Gasteiger partial charge in [-0.05, 0) is 35.9 Å². The highest BCUT2D eigenvalue weighted by Crippen LogP contribution is 2.19. The van der Waals surface area contributed by atoms with Crippen molar-refractivity contribution in [1.82, 2.24) is 15.5 Å². The highest BCUT2D eigenvalue weighted by atomic mass is 16.5. The second kappa shape index (κ2) is 6.80. The van der Waals surface area contributed by atoms with Crippen molar-refractivity contribution >= 4 is 16.7 Å². The van der Waals surface area contributed by atoms with Gasteiger partial charge in [0.2, 0.25) is 0 Å². The van der Waals surface area contributed by atoms with Gasteiger partial charge in [0, 0.05) is 11.1 Å². The molecule has 0 aliphatic rings. The molecule has 0 saturated carbocycles. The van der Waals surface area contributed by atoms with Gasteiger partial charge in [-0.25, -0.2) is 0 Å². The smallest absolute Gasteiger partial charge is 0.257 e. The molecule has 0 aliphatic carbocycles. The van der Waals surface area contributed by atoms with Crippen molar-refractivity contribution in [2.75, 3.05) is 0 Å². The summed E-state index contributed by atoms with van der Waals surface area (Å²) < 4.78 is 5.29. The molecule has 0 bridgehead atoms. The first kappa shape index (κ1) is 16.0. The van der Waals surface area contributed by atoms with Gasteiger partial charge in [-0.1, -0.05) is 59.3 Å². The lowest BCUT2D eigenvalue weighted by atomic mass is 10.0. The van der Waals surface area contributed by atoms with Crippen LogP contribution < -0.4 is 5.32 Å². The van der Waals surface area contributed by atoms with Gasteiger partial charge in [-0.3, -0.25) is 4.79 Å². The van der Waals surface area contributed by atoms with Gasteiger partial charge in [0.15, 0.2) is 5.82 Å². The van der Waals surface area contributed by atoms with Crippen LogP contribution in [0.4, 0.5) is 0 Å². The van der Waals surface area contributed by atoms with Crippen molar-refractivity contribution in [2.24, 2.45) is 0 Å². The molecule has 5 nitrogen and oxygen atoms in total. The second-order valence-electron chi connectivity index (χ2n) is 6.09. The summed E-state index contributed by atoms with van der Waals surface area (Å²) in [5.74, 6) is 0.719. The zero-order valence-electron chi connectivity index (χ0n) is 14.3. The maximum Gasteiger partial charge on any atom is 0.257 e. The lowest BCUT2D eigenvalue weighted by Crippen LogP contribution is -2.23. The van der Waals surface area contributed by atoms with Crippen LogP contribution in [0.25, 0.3) is 22.2 Å². The number of amides is 1. The van der Waals surface area contributed by atoms with Gasteiger partial charge in [0.25, 0.3) is 11.8 Å². The number of carbonyl (C=O) groups is 1. The third-order valence-electron chi connectivity index (χ3n) is 4.21. The maximum absolute atomic E-state index is 12.5. The minimum atomic E-state index is -0.163. The van der Waals surface area contributed by atoms with E-state index in [1.165, 1.54) is 0 Å². The Morgan fingerprint density at radius 2 is 1.77 bits per heavy atom. The first-order chi connectivity index (χ1) is 12.7. The highest BCUT2D eigenvalue weighted by molar-refractivity contribution is 6.06. The third-order valence-corrected chi connectivity index (χ3v) is 4.21. The zero-order chi connectivity index (χ0) is 17.9. The van der Waals surface area contributed by atoms with E-state index >= 15 is 0 Å². The lowest BCUT2D eigenvalue weighted by Gasteiger charge is -2.06. The molecule has 26 heavy (non-hydrogen) atoms. The summed E-state index contributed by atoms with van der Waals surface area (Å²) in [6, 6.07) is 21.3. The minimum Gasteiger partial charge on any atom is -0.345 e. The number of carbonyl (C=O) groups excluding carboxylic acids is 1. The summed E-state index contributed by atoms with van der Waals surface area (Å²) in [7, 11) is 0. The quantitative estimate of drug-likeness (QED) is 0.605. The standard InChI is InChI=1S/C21H17N3O2/c1-14-9-11-16(12-10-14)21-23-19(24-26-21)13-22-20(25)18-8-4-6-15-5-2-3-7-17(15)18/h2-12H,13H2,1H3,(H,22,25). The summed E-state index contributed by atoms with van der Waals surface area (Å²) in [6.45, 7) is 2.23. The zero-order valence-corrected chi connectivity index (χ0v) is 14.3. The fourth-order valence-corrected chi connectivity index (χ4v) is 2.82. The fourth-order valence-electron chi connectivity index (χ4n) is 2.82. The first-order valence-corrected chi connectivity index (χ1v) is 8.36. The van der Waals surface area contributed by atoms with E-state index in [4.69, 9.17) is 4.52 Å². The average molecular weight is 343 g/mol. The number of fused-ring (bicyclic) bond motifs is 1. The van der Waals surface area contributed by atoms with Crippen LogP contribution in [0.2, 0.25) is 0 Å². The molecule has 0 radical (unpaired) electrons. The second-order valence-corrected chi connectivity index (χ2v) is 6.09. The van der Waals surface area contributed by atoms with E-state index in [2.05, 4.69) is 15.5 Å². The molecule has 1 amide bonds. The normalized spacial score (nSPS) is 10.8. The van der Waals surface area contributed by atoms with Gasteiger partial charge < -0.3 is 9.84 Å². The van der Waals surface area contributed by atoms with Crippen molar-refractivity contribution in [3.05, 3.63) is 83.7 Å². The molecular formula is C21H17N3O2. The Morgan fingerprint density at radius 3 is 2.62 bits per heavy atom. The van der Waals surface area contributed by atoms with Gasteiger partial charge in [-0.15, -0.1) is 0 Å². The van der Waals surface area contributed by atoms with Crippen LogP contribution in [0, 0.1) is 6.92 Å². The van der Waals surface area contributed by atoms with Crippen LogP contribution in [0.1, 0.15) is 21.7 Å². The predicted octanol–water partition coefficient (Wildman–Crippen LogP) is 4.13. The van der Waals surface area contributed by atoms with Crippen molar-refractivity contribution in [2.45, 2.75) is 13.5 Å². The van der Waals surface area contributed by atoms with Crippen molar-refractivity contribution in [3.8, 4) is 11.5 Å². The molecule has 0 fully saturated rings. The van der Waals surface area contributed by atoms with Crippen LogP contribution in [0.15, 0.2) is 71.3 Å². The summed E-state index contributed by atoms with van der Waals surface area (Å²) >= 11 is 0. The van der Waals surface area contributed by atoms with Crippen LogP contribution >= 0.6 is 0 Å². The summed E-state index contributed by atoms with van der Waals surface area (Å²) in [4.78, 5) is 16.9. The van der Waals surface area contributed by atoms with Crippen LogP contribution in [-0.2, 0) is 6.54 Å². The number of hydrogen-bond acceptors (Lipinski definition) is 4. The van der Waals surface area contributed by atoms with E-state index in [9.17, 15) is 4.79 Å². The number of nitrogens with zero attached hydrogens (tertiary/aromatic N) is 2. The maximum atomic E-state index is 12.5. The number of rotatable bonds is 4. The molecule has 0 unspecified atom stereocenters. The molecular weight excluding hydrogens is 326 g/mol. The monoisotopic (exact) mass is 343 g/mol. The topological polar surface area (TPSA) is 68.0 Å². The van der Waals surface area contributed by atoms with E-state index in [1.54, 1.807) is 0 Å². The van der Waals surface area contributed by atoms with Gasteiger partial charge in [0.1, 0.15) is 0 Å². The molecule has 3 aromatic carbocycles. The third kappa shape index (κ3) is 3.19. The van der Waals surface area contributed by atoms with E-state index in [1.807, 2.05) is 73.7 Å². The largest absolute Gasteiger partial charge is 0.345 e. The van der Waals surface area contributed by atoms with Crippen molar-refractivity contribution in [3.63, 3.8) is 0 Å². The van der Waals surface area contributed by atoms with Crippen molar-refractivity contribution in [1.29, 1.82) is 0 Å². The number of aromatic nitrogens is 2. The molecule has 0 aliphatic heterocycles. The SMILES string of the molecule is Cc1ccc(-c2nc(CNC(=O)c3cccc4ccccc34)no2)cc1. The molecule has 1 heterocycles. The van der Waals surface area contributed by atoms with Gasteiger partial charge >= 0.3 is 0 Å². The van der Waals surface area contributed by atoms with Gasteiger partial charge in [-0.2, -0.15) is 4.98 Å². The Labute approximate surface area is 150 Å². The number of benzene rings is 3. The molecule has 0 spiro atoms. The highest BCUT2D eigenvalue weighted by Gasteiger charge is 2.12. The molecule has 5 heteroatoms. The summed E-state index contributed by atoms with van der Waals surface area (Å²) in [5.41, 5.74) is 2.65. The Bertz CT molecular complexity index is 1060.